The van der Waals surface area contributed by atoms with Crippen molar-refractivity contribution in [2.45, 2.75) is 0 Å². The molecule has 9 aromatic carbocycles. The Kier molecular flexibility index (Phi) is 9.46. The number of para-hydroxylation sites is 1. The molecular formula is C61H40N4. The van der Waals surface area contributed by atoms with E-state index in [9.17, 15) is 0 Å². The number of hydrogen-bond acceptors (Lipinski definition) is 3. The van der Waals surface area contributed by atoms with Crippen molar-refractivity contribution in [2.24, 2.45) is 0 Å². The van der Waals surface area contributed by atoms with Crippen molar-refractivity contribution in [1.82, 2.24) is 19.5 Å². The van der Waals surface area contributed by atoms with Crippen LogP contribution in [0, 0.1) is 0 Å². The molecule has 12 rings (SSSR count). The zero-order valence-electron chi connectivity index (χ0n) is 35.4. The average molecular weight is 829 g/mol. The maximum Gasteiger partial charge on any atom is 0.145 e. The average Bonchev–Trinajstić information content (AvgIpc) is 3.81. The molecule has 304 valence electrons. The Balaban J connectivity index is 1.19. The molecule has 0 amide bonds. The zero-order chi connectivity index (χ0) is 43.1. The monoisotopic (exact) mass is 828 g/mol. The van der Waals surface area contributed by atoms with E-state index in [1.165, 1.54) is 10.8 Å². The Labute approximate surface area is 377 Å². The Morgan fingerprint density at radius 1 is 0.246 bits per heavy atom. The van der Waals surface area contributed by atoms with Crippen molar-refractivity contribution in [2.75, 3.05) is 0 Å². The van der Waals surface area contributed by atoms with Crippen LogP contribution in [-0.2, 0) is 0 Å². The molecule has 3 aromatic heterocycles. The number of hydrogen-bond donors (Lipinski definition) is 0. The summed E-state index contributed by atoms with van der Waals surface area (Å²) >= 11 is 0. The standard InChI is InChI=1S/C61H40N4/c1-6-20-41(21-7-1)45-37-55(43-24-10-3-11-25-43)62-57(39-45)47-34-48(58-40-46(42-22-8-2-9-23-42)38-56(63-58)44-26-12-4-13-27-44)36-49(35-47)61-64-59-53-32-18-16-30-51(53)52-31-17-19-33-54(52)60(59)65(61)50-28-14-5-15-29-50/h1-40H. The third kappa shape index (κ3) is 7.04. The molecule has 0 aliphatic heterocycles. The summed E-state index contributed by atoms with van der Waals surface area (Å²) < 4.78 is 2.35. The minimum Gasteiger partial charge on any atom is -0.292 e. The van der Waals surface area contributed by atoms with Gasteiger partial charge in [0, 0.05) is 44.3 Å². The lowest BCUT2D eigenvalue weighted by Crippen LogP contribution is -1.99. The van der Waals surface area contributed by atoms with E-state index >= 15 is 0 Å². The third-order valence-electron chi connectivity index (χ3n) is 12.3. The quantitative estimate of drug-likeness (QED) is 0.143. The second-order valence-corrected chi connectivity index (χ2v) is 16.4. The van der Waals surface area contributed by atoms with Crippen LogP contribution in [0.5, 0.6) is 0 Å². The fourth-order valence-corrected chi connectivity index (χ4v) is 9.25. The summed E-state index contributed by atoms with van der Waals surface area (Å²) in [6, 6.07) is 85.6. The van der Waals surface area contributed by atoms with E-state index in [4.69, 9.17) is 15.0 Å². The molecule has 3 heterocycles. The lowest BCUT2D eigenvalue weighted by atomic mass is 9.95. The van der Waals surface area contributed by atoms with Gasteiger partial charge in [-0.3, -0.25) is 4.57 Å². The van der Waals surface area contributed by atoms with Crippen molar-refractivity contribution in [3.8, 4) is 84.4 Å². The van der Waals surface area contributed by atoms with E-state index in [0.717, 1.165) is 106 Å². The first-order chi connectivity index (χ1) is 32.2. The highest BCUT2D eigenvalue weighted by Gasteiger charge is 2.22. The molecule has 0 unspecified atom stereocenters. The molecule has 0 atom stereocenters. The number of aromatic nitrogens is 4. The molecule has 0 aliphatic rings. The van der Waals surface area contributed by atoms with Crippen LogP contribution in [0.4, 0.5) is 0 Å². The number of rotatable bonds is 8. The first-order valence-corrected chi connectivity index (χ1v) is 22.0. The summed E-state index contributed by atoms with van der Waals surface area (Å²) in [6.45, 7) is 0. The minimum absolute atomic E-state index is 0.834. The number of pyridine rings is 2. The number of imidazole rings is 1. The molecule has 0 bridgehead atoms. The second-order valence-electron chi connectivity index (χ2n) is 16.4. The fourth-order valence-electron chi connectivity index (χ4n) is 9.25. The molecule has 0 aliphatic carbocycles. The van der Waals surface area contributed by atoms with E-state index in [-0.39, 0.29) is 0 Å². The fraction of sp³-hybridized carbons (Fsp3) is 0. The van der Waals surface area contributed by atoms with E-state index in [0.29, 0.717) is 0 Å². The second kappa shape index (κ2) is 16.2. The molecule has 0 saturated carbocycles. The predicted octanol–water partition coefficient (Wildman–Crippen LogP) is 15.8. The Morgan fingerprint density at radius 2 is 0.600 bits per heavy atom. The van der Waals surface area contributed by atoms with Crippen LogP contribution in [0.25, 0.3) is 117 Å². The molecule has 0 radical (unpaired) electrons. The number of fused-ring (bicyclic) bond motifs is 6. The maximum atomic E-state index is 5.69. The zero-order valence-corrected chi connectivity index (χ0v) is 35.4. The molecule has 4 heteroatoms. The SMILES string of the molecule is c1ccc(-c2cc(-c3ccccc3)nc(-c3cc(-c4cc(-c5ccccc5)cc(-c5ccccc5)n4)cc(-c4nc5c6ccccc6c6ccccc6c5n4-c4ccccc4)c3)c2)cc1. The van der Waals surface area contributed by atoms with Gasteiger partial charge in [-0.1, -0.05) is 188 Å². The summed E-state index contributed by atoms with van der Waals surface area (Å²) in [4.78, 5) is 16.6. The van der Waals surface area contributed by atoms with Gasteiger partial charge in [-0.2, -0.15) is 0 Å². The first kappa shape index (κ1) is 38.0. The van der Waals surface area contributed by atoms with Gasteiger partial charge in [0.25, 0.3) is 0 Å². The third-order valence-corrected chi connectivity index (χ3v) is 12.3. The highest BCUT2D eigenvalue weighted by Crippen LogP contribution is 2.42. The van der Waals surface area contributed by atoms with Gasteiger partial charge in [0.05, 0.1) is 33.8 Å². The summed E-state index contributed by atoms with van der Waals surface area (Å²) in [5.74, 6) is 0.834. The van der Waals surface area contributed by atoms with Crippen molar-refractivity contribution < 1.29 is 0 Å². The molecule has 0 N–H and O–H groups in total. The van der Waals surface area contributed by atoms with Gasteiger partial charge in [-0.05, 0) is 87.6 Å². The summed E-state index contributed by atoms with van der Waals surface area (Å²) in [5, 5.41) is 4.64. The molecule has 65 heavy (non-hydrogen) atoms. The van der Waals surface area contributed by atoms with Gasteiger partial charge in [-0.25, -0.2) is 15.0 Å². The smallest absolute Gasteiger partial charge is 0.145 e. The normalized spacial score (nSPS) is 11.4. The topological polar surface area (TPSA) is 43.6 Å². The van der Waals surface area contributed by atoms with Gasteiger partial charge in [0.1, 0.15) is 5.82 Å². The van der Waals surface area contributed by atoms with Crippen LogP contribution in [-0.4, -0.2) is 19.5 Å². The van der Waals surface area contributed by atoms with Gasteiger partial charge in [0.15, 0.2) is 0 Å². The Bertz CT molecular complexity index is 3420. The molecule has 4 nitrogen and oxygen atoms in total. The van der Waals surface area contributed by atoms with Crippen LogP contribution in [0.3, 0.4) is 0 Å². The van der Waals surface area contributed by atoms with Crippen LogP contribution < -0.4 is 0 Å². The summed E-state index contributed by atoms with van der Waals surface area (Å²) in [6.07, 6.45) is 0. The molecule has 12 aromatic rings. The van der Waals surface area contributed by atoms with Gasteiger partial charge in [-0.15, -0.1) is 0 Å². The maximum absolute atomic E-state index is 5.69. The highest BCUT2D eigenvalue weighted by molar-refractivity contribution is 6.24. The number of nitrogens with zero attached hydrogens (tertiary/aromatic N) is 4. The Morgan fingerprint density at radius 3 is 1.08 bits per heavy atom. The van der Waals surface area contributed by atoms with E-state index in [1.54, 1.807) is 0 Å². The van der Waals surface area contributed by atoms with Crippen LogP contribution in [0.15, 0.2) is 243 Å². The van der Waals surface area contributed by atoms with Crippen LogP contribution in [0.2, 0.25) is 0 Å². The molecule has 0 fully saturated rings. The lowest BCUT2D eigenvalue weighted by Gasteiger charge is -2.16. The highest BCUT2D eigenvalue weighted by atomic mass is 15.1. The Hall–Kier alpha value is -8.73. The van der Waals surface area contributed by atoms with Crippen molar-refractivity contribution in [1.29, 1.82) is 0 Å². The summed E-state index contributed by atoms with van der Waals surface area (Å²) in [7, 11) is 0. The lowest BCUT2D eigenvalue weighted by molar-refractivity contribution is 1.11. The van der Waals surface area contributed by atoms with Crippen molar-refractivity contribution in [3.63, 3.8) is 0 Å². The van der Waals surface area contributed by atoms with Crippen LogP contribution in [0.1, 0.15) is 0 Å². The van der Waals surface area contributed by atoms with Gasteiger partial charge in [0.2, 0.25) is 0 Å². The van der Waals surface area contributed by atoms with Gasteiger partial charge >= 0.3 is 0 Å². The molecular weight excluding hydrogens is 789 g/mol. The van der Waals surface area contributed by atoms with Crippen LogP contribution >= 0.6 is 0 Å². The van der Waals surface area contributed by atoms with E-state index in [2.05, 4.69) is 235 Å². The number of benzene rings is 9. The first-order valence-electron chi connectivity index (χ1n) is 22.0. The predicted molar refractivity (Wildman–Crippen MR) is 270 cm³/mol. The van der Waals surface area contributed by atoms with Crippen molar-refractivity contribution >= 4 is 32.6 Å². The van der Waals surface area contributed by atoms with Crippen molar-refractivity contribution in [3.05, 3.63) is 243 Å². The molecule has 0 saturated heterocycles. The molecule has 0 spiro atoms. The van der Waals surface area contributed by atoms with E-state index in [1.807, 2.05) is 12.1 Å². The van der Waals surface area contributed by atoms with E-state index < -0.39 is 0 Å². The largest absolute Gasteiger partial charge is 0.292 e. The summed E-state index contributed by atoms with van der Waals surface area (Å²) in [5.41, 5.74) is 16.0. The minimum atomic E-state index is 0.834. The van der Waals surface area contributed by atoms with Gasteiger partial charge < -0.3 is 0 Å².